The molecule has 0 aliphatic carbocycles. The summed E-state index contributed by atoms with van der Waals surface area (Å²) in [6.45, 7) is 1.07. The molecule has 0 aromatic heterocycles. The maximum Gasteiger partial charge on any atom is 0.0471 e. The Morgan fingerprint density at radius 2 is 2.14 bits per heavy atom. The molecule has 0 unspecified atom stereocenters. The highest BCUT2D eigenvalue weighted by Crippen LogP contribution is 2.10. The van der Waals surface area contributed by atoms with Crippen molar-refractivity contribution in [1.82, 2.24) is 5.32 Å². The van der Waals surface area contributed by atoms with Gasteiger partial charge in [-0.05, 0) is 24.6 Å². The summed E-state index contributed by atoms with van der Waals surface area (Å²) in [6.07, 6.45) is 4.89. The molecule has 14 heavy (non-hydrogen) atoms. The van der Waals surface area contributed by atoms with Crippen LogP contribution in [-0.2, 0) is 6.42 Å². The van der Waals surface area contributed by atoms with Crippen LogP contribution in [0.3, 0.4) is 0 Å². The van der Waals surface area contributed by atoms with Gasteiger partial charge in [0, 0.05) is 13.2 Å². The maximum atomic E-state index is 8.88. The lowest BCUT2D eigenvalue weighted by Crippen LogP contribution is -2.03. The third-order valence-electron chi connectivity index (χ3n) is 2.06. The topological polar surface area (TPSA) is 32.3 Å². The molecule has 2 nitrogen and oxygen atoms in total. The summed E-state index contributed by atoms with van der Waals surface area (Å²) >= 11 is 0. The van der Waals surface area contributed by atoms with Gasteiger partial charge in [-0.2, -0.15) is 0 Å². The number of rotatable bonds is 5. The lowest BCUT2D eigenvalue weighted by atomic mass is 10.0. The molecular weight excluding hydrogens is 174 g/mol. The Labute approximate surface area is 85.3 Å². The normalized spacial score (nSPS) is 11.0. The van der Waals surface area contributed by atoms with Gasteiger partial charge in [0.2, 0.25) is 0 Å². The van der Waals surface area contributed by atoms with Gasteiger partial charge in [0.15, 0.2) is 0 Å². The van der Waals surface area contributed by atoms with Crippen LogP contribution in [0.5, 0.6) is 0 Å². The molecular formula is C12H17NO. The van der Waals surface area contributed by atoms with E-state index in [4.69, 9.17) is 5.11 Å². The number of aliphatic hydroxyl groups is 1. The number of hydrogen-bond acceptors (Lipinski definition) is 2. The minimum Gasteiger partial charge on any atom is -0.396 e. The molecule has 1 rings (SSSR count). The van der Waals surface area contributed by atoms with Crippen molar-refractivity contribution in [3.63, 3.8) is 0 Å². The summed E-state index contributed by atoms with van der Waals surface area (Å²) in [5.41, 5.74) is 2.39. The fourth-order valence-corrected chi connectivity index (χ4v) is 1.35. The molecule has 2 heteroatoms. The number of nitrogens with one attached hydrogen (secondary N) is 1. The van der Waals surface area contributed by atoms with Crippen LogP contribution < -0.4 is 5.32 Å². The summed E-state index contributed by atoms with van der Waals surface area (Å²) < 4.78 is 0. The van der Waals surface area contributed by atoms with E-state index in [2.05, 4.69) is 29.6 Å². The Balaban J connectivity index is 2.73. The first-order chi connectivity index (χ1) is 6.88. The zero-order valence-corrected chi connectivity index (χ0v) is 8.53. The quantitative estimate of drug-likeness (QED) is 0.738. The Hall–Kier alpha value is -1.12. The van der Waals surface area contributed by atoms with E-state index in [-0.39, 0.29) is 6.61 Å². The molecule has 0 spiro atoms. The van der Waals surface area contributed by atoms with Gasteiger partial charge in [-0.25, -0.2) is 0 Å². The SMILES string of the molecule is CNCC=Cc1ccccc1CCO. The summed E-state index contributed by atoms with van der Waals surface area (Å²) in [5.74, 6) is 0. The zero-order valence-electron chi connectivity index (χ0n) is 8.53. The number of benzene rings is 1. The molecule has 0 atom stereocenters. The molecule has 2 N–H and O–H groups in total. The van der Waals surface area contributed by atoms with Crippen LogP contribution in [0.1, 0.15) is 11.1 Å². The second kappa shape index (κ2) is 6.35. The highest BCUT2D eigenvalue weighted by molar-refractivity contribution is 5.53. The molecule has 0 aliphatic heterocycles. The van der Waals surface area contributed by atoms with Gasteiger partial charge in [0.05, 0.1) is 0 Å². The van der Waals surface area contributed by atoms with Crippen molar-refractivity contribution in [2.45, 2.75) is 6.42 Å². The first-order valence-corrected chi connectivity index (χ1v) is 4.88. The van der Waals surface area contributed by atoms with Crippen molar-refractivity contribution < 1.29 is 5.11 Å². The predicted octanol–water partition coefficient (Wildman–Crippen LogP) is 1.45. The molecule has 0 heterocycles. The van der Waals surface area contributed by atoms with Crippen molar-refractivity contribution >= 4 is 6.08 Å². The number of aliphatic hydroxyl groups excluding tert-OH is 1. The summed E-state index contributed by atoms with van der Waals surface area (Å²) in [7, 11) is 1.92. The van der Waals surface area contributed by atoms with Gasteiger partial charge < -0.3 is 10.4 Å². The lowest BCUT2D eigenvalue weighted by molar-refractivity contribution is 0.299. The number of likely N-dealkylation sites (N-methyl/N-ethyl adjacent to an activating group) is 1. The molecule has 0 radical (unpaired) electrons. The van der Waals surface area contributed by atoms with E-state index in [1.54, 1.807) is 0 Å². The largest absolute Gasteiger partial charge is 0.396 e. The molecule has 1 aromatic carbocycles. The molecule has 0 saturated heterocycles. The van der Waals surface area contributed by atoms with Gasteiger partial charge in [-0.1, -0.05) is 36.4 Å². The zero-order chi connectivity index (χ0) is 10.2. The minimum atomic E-state index is 0.205. The van der Waals surface area contributed by atoms with E-state index in [1.807, 2.05) is 19.2 Å². The Bertz CT molecular complexity index is 294. The van der Waals surface area contributed by atoms with E-state index in [0.29, 0.717) is 0 Å². The first kappa shape index (κ1) is 11.0. The molecule has 0 aliphatic rings. The second-order valence-corrected chi connectivity index (χ2v) is 3.13. The Morgan fingerprint density at radius 1 is 1.36 bits per heavy atom. The summed E-state index contributed by atoms with van der Waals surface area (Å²) in [5, 5.41) is 11.9. The molecule has 0 amide bonds. The third-order valence-corrected chi connectivity index (χ3v) is 2.06. The van der Waals surface area contributed by atoms with Crippen molar-refractivity contribution in [1.29, 1.82) is 0 Å². The average Bonchev–Trinajstić information content (AvgIpc) is 2.21. The first-order valence-electron chi connectivity index (χ1n) is 4.88. The molecule has 0 fully saturated rings. The highest BCUT2D eigenvalue weighted by atomic mass is 16.2. The van der Waals surface area contributed by atoms with E-state index >= 15 is 0 Å². The van der Waals surface area contributed by atoms with Crippen LogP contribution in [-0.4, -0.2) is 25.3 Å². The van der Waals surface area contributed by atoms with Gasteiger partial charge in [0.25, 0.3) is 0 Å². The van der Waals surface area contributed by atoms with E-state index in [0.717, 1.165) is 13.0 Å². The van der Waals surface area contributed by atoms with Gasteiger partial charge in [-0.15, -0.1) is 0 Å². The van der Waals surface area contributed by atoms with Crippen molar-refractivity contribution in [2.75, 3.05) is 20.2 Å². The predicted molar refractivity (Wildman–Crippen MR) is 60.2 cm³/mol. The molecule has 76 valence electrons. The molecule has 0 saturated carbocycles. The fraction of sp³-hybridized carbons (Fsp3) is 0.333. The van der Waals surface area contributed by atoms with Crippen LogP contribution in [0.25, 0.3) is 6.08 Å². The monoisotopic (exact) mass is 191 g/mol. The van der Waals surface area contributed by atoms with Crippen LogP contribution in [0.4, 0.5) is 0 Å². The van der Waals surface area contributed by atoms with Gasteiger partial charge in [-0.3, -0.25) is 0 Å². The summed E-state index contributed by atoms with van der Waals surface area (Å²) in [4.78, 5) is 0. The Morgan fingerprint density at radius 3 is 2.86 bits per heavy atom. The smallest absolute Gasteiger partial charge is 0.0471 e. The minimum absolute atomic E-state index is 0.205. The second-order valence-electron chi connectivity index (χ2n) is 3.13. The van der Waals surface area contributed by atoms with Gasteiger partial charge >= 0.3 is 0 Å². The van der Waals surface area contributed by atoms with Crippen LogP contribution in [0.15, 0.2) is 30.3 Å². The van der Waals surface area contributed by atoms with E-state index < -0.39 is 0 Å². The standard InChI is InChI=1S/C12H17NO/c1-13-9-4-7-11-5-2-3-6-12(11)8-10-14/h2-7,13-14H,8-10H2,1H3. The third kappa shape index (κ3) is 3.32. The number of hydrogen-bond donors (Lipinski definition) is 2. The summed E-state index contributed by atoms with van der Waals surface area (Å²) in [6, 6.07) is 8.13. The van der Waals surface area contributed by atoms with Crippen LogP contribution in [0.2, 0.25) is 0 Å². The van der Waals surface area contributed by atoms with Crippen molar-refractivity contribution in [3.05, 3.63) is 41.5 Å². The van der Waals surface area contributed by atoms with Crippen molar-refractivity contribution in [2.24, 2.45) is 0 Å². The molecule has 0 bridgehead atoms. The van der Waals surface area contributed by atoms with Gasteiger partial charge in [0.1, 0.15) is 0 Å². The molecule has 1 aromatic rings. The van der Waals surface area contributed by atoms with E-state index in [1.165, 1.54) is 11.1 Å². The van der Waals surface area contributed by atoms with Crippen LogP contribution in [0, 0.1) is 0 Å². The lowest BCUT2D eigenvalue weighted by Gasteiger charge is -2.03. The van der Waals surface area contributed by atoms with E-state index in [9.17, 15) is 0 Å². The van der Waals surface area contributed by atoms with Crippen LogP contribution >= 0.6 is 0 Å². The average molecular weight is 191 g/mol. The maximum absolute atomic E-state index is 8.88. The Kier molecular flexibility index (Phi) is 4.97. The van der Waals surface area contributed by atoms with Crippen molar-refractivity contribution in [3.8, 4) is 0 Å². The highest BCUT2D eigenvalue weighted by Gasteiger charge is 1.96. The fourth-order valence-electron chi connectivity index (χ4n) is 1.35.